The molecule has 2 aromatic rings. The van der Waals surface area contributed by atoms with Crippen molar-refractivity contribution in [1.82, 2.24) is 0 Å². The summed E-state index contributed by atoms with van der Waals surface area (Å²) in [6, 6.07) is 15.5. The van der Waals surface area contributed by atoms with Crippen LogP contribution in [0.15, 0.2) is 42.5 Å². The standard InChI is InChI=1S/C32H46O3/c1-3-5-7-11-21-33-29-18-16-27(17-19-29)32-34-23-28(24-35-32)30-20-15-25(12-6-4-2)22-31(30)26-13-9-8-10-14-26/h15-20,22,26,28,32H,3-14,21,23-24H2,1-2H3. The summed E-state index contributed by atoms with van der Waals surface area (Å²) in [6.45, 7) is 6.73. The summed E-state index contributed by atoms with van der Waals surface area (Å²) < 4.78 is 18.4. The van der Waals surface area contributed by atoms with Crippen LogP contribution in [0, 0.1) is 0 Å². The van der Waals surface area contributed by atoms with Crippen LogP contribution < -0.4 is 4.74 Å². The van der Waals surface area contributed by atoms with Gasteiger partial charge in [-0.2, -0.15) is 0 Å². The van der Waals surface area contributed by atoms with Crippen LogP contribution in [0.25, 0.3) is 0 Å². The highest BCUT2D eigenvalue weighted by Gasteiger charge is 2.28. The second-order valence-corrected chi connectivity index (χ2v) is 10.6. The van der Waals surface area contributed by atoms with Gasteiger partial charge in [-0.05, 0) is 66.8 Å². The monoisotopic (exact) mass is 478 g/mol. The molecule has 0 unspecified atom stereocenters. The quantitative estimate of drug-likeness (QED) is 0.285. The van der Waals surface area contributed by atoms with E-state index in [0.29, 0.717) is 25.0 Å². The highest BCUT2D eigenvalue weighted by Crippen LogP contribution is 2.39. The zero-order valence-electron chi connectivity index (χ0n) is 22.1. The molecule has 1 aliphatic carbocycles. The van der Waals surface area contributed by atoms with Gasteiger partial charge in [0.15, 0.2) is 6.29 Å². The molecule has 1 saturated heterocycles. The first-order valence-corrected chi connectivity index (χ1v) is 14.4. The molecule has 3 heteroatoms. The molecule has 1 saturated carbocycles. The zero-order chi connectivity index (χ0) is 24.3. The van der Waals surface area contributed by atoms with Crippen LogP contribution in [0.5, 0.6) is 5.75 Å². The van der Waals surface area contributed by atoms with Crippen LogP contribution in [0.4, 0.5) is 0 Å². The molecular weight excluding hydrogens is 432 g/mol. The van der Waals surface area contributed by atoms with Gasteiger partial charge in [0.2, 0.25) is 0 Å². The molecule has 2 aromatic carbocycles. The van der Waals surface area contributed by atoms with Gasteiger partial charge in [-0.25, -0.2) is 0 Å². The summed E-state index contributed by atoms with van der Waals surface area (Å²) in [5.41, 5.74) is 5.61. The third-order valence-electron chi connectivity index (χ3n) is 7.77. The van der Waals surface area contributed by atoms with E-state index in [1.54, 1.807) is 5.56 Å². The highest BCUT2D eigenvalue weighted by atomic mass is 16.7. The van der Waals surface area contributed by atoms with Crippen LogP contribution in [0.2, 0.25) is 0 Å². The molecule has 2 fully saturated rings. The maximum atomic E-state index is 6.27. The summed E-state index contributed by atoms with van der Waals surface area (Å²) in [7, 11) is 0. The Hall–Kier alpha value is -1.84. The van der Waals surface area contributed by atoms with Crippen molar-refractivity contribution in [3.05, 3.63) is 64.7 Å². The van der Waals surface area contributed by atoms with Crippen molar-refractivity contribution in [3.63, 3.8) is 0 Å². The lowest BCUT2D eigenvalue weighted by molar-refractivity contribution is -0.191. The lowest BCUT2D eigenvalue weighted by Gasteiger charge is -2.33. The lowest BCUT2D eigenvalue weighted by Crippen LogP contribution is -2.27. The summed E-state index contributed by atoms with van der Waals surface area (Å²) in [5, 5.41) is 0. The second-order valence-electron chi connectivity index (χ2n) is 10.6. The van der Waals surface area contributed by atoms with Crippen LogP contribution >= 0.6 is 0 Å². The van der Waals surface area contributed by atoms with Gasteiger partial charge < -0.3 is 14.2 Å². The fourth-order valence-corrected chi connectivity index (χ4v) is 5.61. The normalized spacial score (nSPS) is 21.2. The smallest absolute Gasteiger partial charge is 0.183 e. The maximum absolute atomic E-state index is 6.27. The number of ether oxygens (including phenoxy) is 3. The van der Waals surface area contributed by atoms with E-state index in [4.69, 9.17) is 14.2 Å². The minimum atomic E-state index is -0.285. The summed E-state index contributed by atoms with van der Waals surface area (Å²) in [5.74, 6) is 1.95. The zero-order valence-corrected chi connectivity index (χ0v) is 22.1. The van der Waals surface area contributed by atoms with Crippen molar-refractivity contribution in [2.24, 2.45) is 0 Å². The predicted octanol–water partition coefficient (Wildman–Crippen LogP) is 8.87. The van der Waals surface area contributed by atoms with E-state index in [0.717, 1.165) is 24.3 Å². The van der Waals surface area contributed by atoms with Crippen molar-refractivity contribution in [3.8, 4) is 5.75 Å². The van der Waals surface area contributed by atoms with E-state index in [-0.39, 0.29) is 6.29 Å². The van der Waals surface area contributed by atoms with Crippen molar-refractivity contribution >= 4 is 0 Å². The van der Waals surface area contributed by atoms with Crippen LogP contribution in [-0.2, 0) is 15.9 Å². The van der Waals surface area contributed by atoms with Gasteiger partial charge in [0.25, 0.3) is 0 Å². The first kappa shape index (κ1) is 26.2. The van der Waals surface area contributed by atoms with Gasteiger partial charge in [-0.1, -0.05) is 89.1 Å². The third kappa shape index (κ3) is 7.57. The molecule has 2 aliphatic rings. The van der Waals surface area contributed by atoms with Crippen molar-refractivity contribution < 1.29 is 14.2 Å². The number of rotatable bonds is 12. The first-order valence-electron chi connectivity index (χ1n) is 14.4. The van der Waals surface area contributed by atoms with Crippen LogP contribution in [0.1, 0.15) is 125 Å². The predicted molar refractivity (Wildman–Crippen MR) is 144 cm³/mol. The van der Waals surface area contributed by atoms with E-state index in [1.807, 2.05) is 12.1 Å². The first-order chi connectivity index (χ1) is 17.3. The van der Waals surface area contributed by atoms with Gasteiger partial charge >= 0.3 is 0 Å². The SMILES string of the molecule is CCCCCCOc1ccc(C2OCC(c3ccc(CCCC)cc3C3CCCCC3)CO2)cc1. The van der Waals surface area contributed by atoms with E-state index < -0.39 is 0 Å². The van der Waals surface area contributed by atoms with E-state index in [2.05, 4.69) is 44.2 Å². The number of hydrogen-bond donors (Lipinski definition) is 0. The molecule has 0 aromatic heterocycles. The van der Waals surface area contributed by atoms with Crippen molar-refractivity contribution in [2.45, 2.75) is 109 Å². The third-order valence-corrected chi connectivity index (χ3v) is 7.77. The molecule has 1 aliphatic heterocycles. The number of aryl methyl sites for hydroxylation is 1. The molecule has 3 nitrogen and oxygen atoms in total. The minimum Gasteiger partial charge on any atom is -0.494 e. The summed E-state index contributed by atoms with van der Waals surface area (Å²) in [6.07, 6.45) is 15.1. The Labute approximate surface area is 213 Å². The largest absolute Gasteiger partial charge is 0.494 e. The lowest BCUT2D eigenvalue weighted by atomic mass is 9.78. The van der Waals surface area contributed by atoms with E-state index in [1.165, 1.54) is 81.8 Å². The Bertz CT molecular complexity index is 861. The molecule has 0 spiro atoms. The Morgan fingerprint density at radius 3 is 2.20 bits per heavy atom. The number of hydrogen-bond acceptors (Lipinski definition) is 3. The molecule has 35 heavy (non-hydrogen) atoms. The average Bonchev–Trinajstić information content (AvgIpc) is 2.93. The fraction of sp³-hybridized carbons (Fsp3) is 0.625. The molecule has 0 atom stereocenters. The summed E-state index contributed by atoms with van der Waals surface area (Å²) in [4.78, 5) is 0. The number of unbranched alkanes of at least 4 members (excludes halogenated alkanes) is 4. The van der Waals surface area contributed by atoms with Gasteiger partial charge in [-0.15, -0.1) is 0 Å². The van der Waals surface area contributed by atoms with Crippen LogP contribution in [-0.4, -0.2) is 19.8 Å². The molecule has 0 amide bonds. The molecule has 4 rings (SSSR count). The second kappa shape index (κ2) is 14.0. The van der Waals surface area contributed by atoms with Gasteiger partial charge in [0, 0.05) is 11.5 Å². The topological polar surface area (TPSA) is 27.7 Å². The van der Waals surface area contributed by atoms with Crippen molar-refractivity contribution in [2.75, 3.05) is 19.8 Å². The van der Waals surface area contributed by atoms with Crippen LogP contribution in [0.3, 0.4) is 0 Å². The Balaban J connectivity index is 1.35. The molecular formula is C32H46O3. The van der Waals surface area contributed by atoms with E-state index >= 15 is 0 Å². The molecule has 0 radical (unpaired) electrons. The molecule has 0 bridgehead atoms. The molecule has 1 heterocycles. The van der Waals surface area contributed by atoms with Crippen molar-refractivity contribution in [1.29, 1.82) is 0 Å². The molecule has 192 valence electrons. The number of benzene rings is 2. The highest BCUT2D eigenvalue weighted by molar-refractivity contribution is 5.38. The van der Waals surface area contributed by atoms with Gasteiger partial charge in [-0.3, -0.25) is 0 Å². The summed E-state index contributed by atoms with van der Waals surface area (Å²) >= 11 is 0. The fourth-order valence-electron chi connectivity index (χ4n) is 5.61. The minimum absolute atomic E-state index is 0.285. The Morgan fingerprint density at radius 1 is 0.743 bits per heavy atom. The average molecular weight is 479 g/mol. The Kier molecular flexibility index (Phi) is 10.5. The maximum Gasteiger partial charge on any atom is 0.183 e. The van der Waals surface area contributed by atoms with Gasteiger partial charge in [0.1, 0.15) is 5.75 Å². The Morgan fingerprint density at radius 2 is 1.49 bits per heavy atom. The molecule has 0 N–H and O–H groups in total. The van der Waals surface area contributed by atoms with E-state index in [9.17, 15) is 0 Å². The van der Waals surface area contributed by atoms with Gasteiger partial charge in [0.05, 0.1) is 19.8 Å².